The van der Waals surface area contributed by atoms with Crippen molar-refractivity contribution in [2.24, 2.45) is 0 Å². The molecule has 0 atom stereocenters. The van der Waals surface area contributed by atoms with E-state index in [2.05, 4.69) is 40.7 Å². The van der Waals surface area contributed by atoms with E-state index in [4.69, 9.17) is 4.52 Å². The Bertz CT molecular complexity index is 1230. The minimum absolute atomic E-state index is 0.237. The van der Waals surface area contributed by atoms with Crippen LogP contribution in [0, 0.1) is 0 Å². The standard InChI is InChI=1S/C23H22N8O2/c32-23(26-9-8-19-30-20(33-31-19)10-15-4-2-1-3-5-15)21-22(28-17-11-24-14-25-12-17)27-13-18(29-21)16-6-7-16/h1-5,11-14,16H,6-10H2,(H,26,32)(H,27,28). The first-order chi connectivity index (χ1) is 16.2. The molecule has 1 amide bonds. The average Bonchev–Trinajstić information content (AvgIpc) is 3.61. The number of benzene rings is 1. The summed E-state index contributed by atoms with van der Waals surface area (Å²) in [6, 6.07) is 9.92. The number of rotatable bonds is 9. The number of nitrogens with one attached hydrogen (secondary N) is 2. The predicted octanol–water partition coefficient (Wildman–Crippen LogP) is 2.83. The van der Waals surface area contributed by atoms with Gasteiger partial charge in [0.1, 0.15) is 6.33 Å². The number of nitrogens with zero attached hydrogens (tertiary/aromatic N) is 6. The van der Waals surface area contributed by atoms with Crippen LogP contribution in [0.4, 0.5) is 11.5 Å². The van der Waals surface area contributed by atoms with Crippen LogP contribution in [0.5, 0.6) is 0 Å². The van der Waals surface area contributed by atoms with E-state index in [1.165, 1.54) is 6.33 Å². The largest absolute Gasteiger partial charge is 0.350 e. The van der Waals surface area contributed by atoms with E-state index in [0.29, 0.717) is 48.5 Å². The van der Waals surface area contributed by atoms with Crippen molar-refractivity contribution in [2.75, 3.05) is 11.9 Å². The summed E-state index contributed by atoms with van der Waals surface area (Å²) in [5, 5.41) is 9.97. The van der Waals surface area contributed by atoms with Crippen LogP contribution in [-0.4, -0.2) is 42.5 Å². The number of hydrogen-bond donors (Lipinski definition) is 2. The first-order valence-electron chi connectivity index (χ1n) is 10.8. The van der Waals surface area contributed by atoms with Gasteiger partial charge in [0.05, 0.1) is 36.4 Å². The molecule has 1 aliphatic carbocycles. The van der Waals surface area contributed by atoms with E-state index in [0.717, 1.165) is 24.1 Å². The van der Waals surface area contributed by atoms with Gasteiger partial charge in [-0.3, -0.25) is 4.79 Å². The molecule has 2 N–H and O–H groups in total. The molecule has 1 aromatic carbocycles. The smallest absolute Gasteiger partial charge is 0.273 e. The lowest BCUT2D eigenvalue weighted by molar-refractivity contribution is 0.0949. The fourth-order valence-electron chi connectivity index (χ4n) is 3.33. The predicted molar refractivity (Wildman–Crippen MR) is 119 cm³/mol. The minimum Gasteiger partial charge on any atom is -0.350 e. The van der Waals surface area contributed by atoms with Gasteiger partial charge in [-0.25, -0.2) is 19.9 Å². The Morgan fingerprint density at radius 2 is 1.88 bits per heavy atom. The molecule has 10 nitrogen and oxygen atoms in total. The van der Waals surface area contributed by atoms with E-state index < -0.39 is 0 Å². The lowest BCUT2D eigenvalue weighted by Crippen LogP contribution is -2.28. The van der Waals surface area contributed by atoms with Crippen LogP contribution >= 0.6 is 0 Å². The maximum absolute atomic E-state index is 12.9. The topological polar surface area (TPSA) is 132 Å². The van der Waals surface area contributed by atoms with Gasteiger partial charge in [0.15, 0.2) is 17.3 Å². The van der Waals surface area contributed by atoms with Gasteiger partial charge in [-0.05, 0) is 18.4 Å². The number of anilines is 2. The third kappa shape index (κ3) is 5.35. The SMILES string of the molecule is O=C(NCCc1noc(Cc2ccccc2)n1)c1nc(C2CC2)cnc1Nc1cncnc1. The van der Waals surface area contributed by atoms with Crippen LogP contribution < -0.4 is 10.6 Å². The van der Waals surface area contributed by atoms with Gasteiger partial charge in [0, 0.05) is 18.9 Å². The summed E-state index contributed by atoms with van der Waals surface area (Å²) in [4.78, 5) is 34.3. The van der Waals surface area contributed by atoms with E-state index in [1.54, 1.807) is 18.6 Å². The molecule has 5 rings (SSSR count). The first kappa shape index (κ1) is 20.7. The fraction of sp³-hybridized carbons (Fsp3) is 0.261. The quantitative estimate of drug-likeness (QED) is 0.401. The summed E-state index contributed by atoms with van der Waals surface area (Å²) in [5.41, 5.74) is 2.79. The highest BCUT2D eigenvalue weighted by molar-refractivity contribution is 5.97. The Labute approximate surface area is 189 Å². The molecule has 33 heavy (non-hydrogen) atoms. The van der Waals surface area contributed by atoms with Gasteiger partial charge in [-0.15, -0.1) is 0 Å². The van der Waals surface area contributed by atoms with Crippen molar-refractivity contribution in [3.05, 3.63) is 83.9 Å². The number of carbonyl (C=O) groups excluding carboxylic acids is 1. The van der Waals surface area contributed by atoms with E-state index in [1.807, 2.05) is 30.3 Å². The lowest BCUT2D eigenvalue weighted by atomic mass is 10.1. The van der Waals surface area contributed by atoms with Crippen molar-refractivity contribution >= 4 is 17.4 Å². The molecule has 3 heterocycles. The number of carbonyl (C=O) groups is 1. The van der Waals surface area contributed by atoms with Gasteiger partial charge >= 0.3 is 0 Å². The molecule has 3 aromatic heterocycles. The zero-order valence-electron chi connectivity index (χ0n) is 17.8. The Balaban J connectivity index is 1.22. The molecule has 166 valence electrons. The van der Waals surface area contributed by atoms with Gasteiger partial charge in [0.2, 0.25) is 5.89 Å². The van der Waals surface area contributed by atoms with Crippen LogP contribution in [0.1, 0.15) is 52.2 Å². The maximum Gasteiger partial charge on any atom is 0.273 e. The molecule has 4 aromatic rings. The molecule has 1 aliphatic rings. The summed E-state index contributed by atoms with van der Waals surface area (Å²) in [6.45, 7) is 0.340. The molecule has 0 radical (unpaired) electrons. The Hall–Kier alpha value is -4.21. The summed E-state index contributed by atoms with van der Waals surface area (Å²) < 4.78 is 5.33. The molecule has 0 unspecified atom stereocenters. The zero-order valence-corrected chi connectivity index (χ0v) is 17.8. The third-order valence-corrected chi connectivity index (χ3v) is 5.17. The highest BCUT2D eigenvalue weighted by Crippen LogP contribution is 2.39. The van der Waals surface area contributed by atoms with Crippen molar-refractivity contribution in [3.8, 4) is 0 Å². The molecule has 0 aliphatic heterocycles. The molecule has 0 spiro atoms. The molecule has 0 saturated heterocycles. The van der Waals surface area contributed by atoms with Crippen LogP contribution in [0.2, 0.25) is 0 Å². The van der Waals surface area contributed by atoms with Crippen molar-refractivity contribution in [1.82, 2.24) is 35.4 Å². The van der Waals surface area contributed by atoms with E-state index in [-0.39, 0.29) is 11.6 Å². The van der Waals surface area contributed by atoms with Gasteiger partial charge in [-0.2, -0.15) is 4.98 Å². The van der Waals surface area contributed by atoms with Gasteiger partial charge < -0.3 is 15.2 Å². The van der Waals surface area contributed by atoms with E-state index in [9.17, 15) is 4.79 Å². The fourth-order valence-corrected chi connectivity index (χ4v) is 3.33. The second-order valence-corrected chi connectivity index (χ2v) is 7.79. The van der Waals surface area contributed by atoms with Gasteiger partial charge in [0.25, 0.3) is 5.91 Å². The van der Waals surface area contributed by atoms with E-state index >= 15 is 0 Å². The van der Waals surface area contributed by atoms with Crippen LogP contribution in [0.15, 0.2) is 59.8 Å². The Morgan fingerprint density at radius 1 is 1.06 bits per heavy atom. The molecular weight excluding hydrogens is 420 g/mol. The number of hydrogen-bond acceptors (Lipinski definition) is 9. The van der Waals surface area contributed by atoms with Crippen molar-refractivity contribution in [1.29, 1.82) is 0 Å². The Kier molecular flexibility index (Phi) is 5.96. The summed E-state index contributed by atoms with van der Waals surface area (Å²) in [5.74, 6) is 1.50. The lowest BCUT2D eigenvalue weighted by Gasteiger charge is -2.11. The minimum atomic E-state index is -0.322. The van der Waals surface area contributed by atoms with Crippen molar-refractivity contribution < 1.29 is 9.32 Å². The van der Waals surface area contributed by atoms with Gasteiger partial charge in [-0.1, -0.05) is 35.5 Å². The summed E-state index contributed by atoms with van der Waals surface area (Å²) >= 11 is 0. The molecule has 10 heteroatoms. The molecule has 1 fully saturated rings. The monoisotopic (exact) mass is 442 g/mol. The highest BCUT2D eigenvalue weighted by Gasteiger charge is 2.27. The number of amides is 1. The summed E-state index contributed by atoms with van der Waals surface area (Å²) in [7, 11) is 0. The number of aromatic nitrogens is 6. The maximum atomic E-state index is 12.9. The highest BCUT2D eigenvalue weighted by atomic mass is 16.5. The second-order valence-electron chi connectivity index (χ2n) is 7.79. The third-order valence-electron chi connectivity index (χ3n) is 5.17. The average molecular weight is 442 g/mol. The normalized spacial score (nSPS) is 13.0. The Morgan fingerprint density at radius 3 is 2.67 bits per heavy atom. The van der Waals surface area contributed by atoms with Crippen molar-refractivity contribution in [2.45, 2.75) is 31.6 Å². The zero-order chi connectivity index (χ0) is 22.5. The first-order valence-corrected chi connectivity index (χ1v) is 10.8. The second kappa shape index (κ2) is 9.51. The van der Waals surface area contributed by atoms with Crippen LogP contribution in [-0.2, 0) is 12.8 Å². The molecule has 1 saturated carbocycles. The van der Waals surface area contributed by atoms with Crippen LogP contribution in [0.25, 0.3) is 0 Å². The van der Waals surface area contributed by atoms with Crippen molar-refractivity contribution in [3.63, 3.8) is 0 Å². The molecular formula is C23H22N8O2. The van der Waals surface area contributed by atoms with Crippen LogP contribution in [0.3, 0.4) is 0 Å². The molecule has 0 bridgehead atoms. The summed E-state index contributed by atoms with van der Waals surface area (Å²) in [6.07, 6.45) is 9.51.